The van der Waals surface area contributed by atoms with Crippen LogP contribution in [0.4, 0.5) is 10.2 Å². The Morgan fingerprint density at radius 3 is 2.90 bits per heavy atom. The van der Waals surface area contributed by atoms with Crippen molar-refractivity contribution in [1.82, 2.24) is 14.8 Å². The van der Waals surface area contributed by atoms with Crippen molar-refractivity contribution in [3.63, 3.8) is 0 Å². The normalized spacial score (nSPS) is 34.6. The standard InChI is InChI=1S/C11H13FN4O4/c1-3-11(12)8(18)7(5(2)17)20-9(11)16-10(19)15-6(13)4-14-16/h1,4-5,7-9,17-18H,2H3,(H2,13,15,19)/t5-,7+,8?,9+,11+/m0/s1. The van der Waals surface area contributed by atoms with E-state index in [1.807, 2.05) is 0 Å². The molecule has 0 saturated carbocycles. The third-order valence-corrected chi connectivity index (χ3v) is 3.04. The van der Waals surface area contributed by atoms with Gasteiger partial charge < -0.3 is 20.7 Å². The van der Waals surface area contributed by atoms with E-state index < -0.39 is 35.9 Å². The third kappa shape index (κ3) is 2.03. The number of terminal acetylenes is 1. The van der Waals surface area contributed by atoms with Gasteiger partial charge in [-0.3, -0.25) is 0 Å². The van der Waals surface area contributed by atoms with Crippen molar-refractivity contribution in [3.8, 4) is 12.3 Å². The molecule has 2 heterocycles. The number of anilines is 1. The van der Waals surface area contributed by atoms with E-state index in [1.54, 1.807) is 5.92 Å². The highest BCUT2D eigenvalue weighted by Gasteiger charge is 2.59. The maximum absolute atomic E-state index is 14.7. The molecule has 4 N–H and O–H groups in total. The van der Waals surface area contributed by atoms with E-state index in [4.69, 9.17) is 16.9 Å². The van der Waals surface area contributed by atoms with Crippen LogP contribution in [-0.2, 0) is 4.74 Å². The van der Waals surface area contributed by atoms with Crippen LogP contribution in [-0.4, -0.2) is 49.0 Å². The molecule has 0 aromatic carbocycles. The average molecular weight is 284 g/mol. The van der Waals surface area contributed by atoms with Gasteiger partial charge in [-0.1, -0.05) is 5.92 Å². The van der Waals surface area contributed by atoms with E-state index in [2.05, 4.69) is 10.1 Å². The van der Waals surface area contributed by atoms with Crippen LogP contribution in [0, 0.1) is 12.3 Å². The monoisotopic (exact) mass is 284 g/mol. The fourth-order valence-corrected chi connectivity index (χ4v) is 2.00. The fourth-order valence-electron chi connectivity index (χ4n) is 2.00. The molecule has 1 aromatic heterocycles. The summed E-state index contributed by atoms with van der Waals surface area (Å²) in [4.78, 5) is 15.0. The van der Waals surface area contributed by atoms with Gasteiger partial charge in [0.25, 0.3) is 0 Å². The molecule has 1 fully saturated rings. The Hall–Kier alpha value is -2.02. The minimum atomic E-state index is -2.73. The molecule has 9 heteroatoms. The van der Waals surface area contributed by atoms with Crippen molar-refractivity contribution in [2.45, 2.75) is 37.1 Å². The molecule has 1 aliphatic heterocycles. The summed E-state index contributed by atoms with van der Waals surface area (Å²) >= 11 is 0. The molecular weight excluding hydrogens is 271 g/mol. The second kappa shape index (κ2) is 4.82. The SMILES string of the molecule is C#C[C@@]1(F)C(O)[C@@H]([C@H](C)O)O[C@H]1n1ncc(N)nc1=O. The van der Waals surface area contributed by atoms with E-state index in [0.717, 1.165) is 6.20 Å². The van der Waals surface area contributed by atoms with Crippen LogP contribution < -0.4 is 11.4 Å². The summed E-state index contributed by atoms with van der Waals surface area (Å²) in [5.41, 5.74) is 1.57. The largest absolute Gasteiger partial charge is 0.391 e. The molecule has 1 aromatic rings. The summed E-state index contributed by atoms with van der Waals surface area (Å²) in [7, 11) is 0. The lowest BCUT2D eigenvalue weighted by Gasteiger charge is -2.22. The summed E-state index contributed by atoms with van der Waals surface area (Å²) in [5, 5.41) is 22.9. The van der Waals surface area contributed by atoms with E-state index in [9.17, 15) is 19.4 Å². The van der Waals surface area contributed by atoms with Crippen LogP contribution in [0.3, 0.4) is 0 Å². The van der Waals surface area contributed by atoms with Crippen molar-refractivity contribution < 1.29 is 19.3 Å². The number of alkyl halides is 1. The smallest absolute Gasteiger partial charge is 0.368 e. The predicted molar refractivity (Wildman–Crippen MR) is 65.0 cm³/mol. The quantitative estimate of drug-likeness (QED) is 0.547. The zero-order valence-electron chi connectivity index (χ0n) is 10.5. The summed E-state index contributed by atoms with van der Waals surface area (Å²) in [6.07, 6.45) is 0.0925. The van der Waals surface area contributed by atoms with E-state index in [-0.39, 0.29) is 5.82 Å². The van der Waals surface area contributed by atoms with E-state index >= 15 is 0 Å². The van der Waals surface area contributed by atoms with Gasteiger partial charge in [-0.2, -0.15) is 14.8 Å². The summed E-state index contributed by atoms with van der Waals surface area (Å²) in [5.74, 6) is 1.60. The Morgan fingerprint density at radius 1 is 1.75 bits per heavy atom. The van der Waals surface area contributed by atoms with Gasteiger partial charge in [0.05, 0.1) is 12.3 Å². The molecule has 0 spiro atoms. The minimum absolute atomic E-state index is 0.151. The zero-order chi connectivity index (χ0) is 15.1. The summed E-state index contributed by atoms with van der Waals surface area (Å²) in [6, 6.07) is 0. The fraction of sp³-hybridized carbons (Fsp3) is 0.545. The van der Waals surface area contributed by atoms with Gasteiger partial charge in [0, 0.05) is 0 Å². The molecule has 1 saturated heterocycles. The summed E-state index contributed by atoms with van der Waals surface area (Å²) in [6.45, 7) is 1.30. The van der Waals surface area contributed by atoms with Crippen LogP contribution in [0.5, 0.6) is 0 Å². The average Bonchev–Trinajstić information content (AvgIpc) is 2.64. The number of ether oxygens (including phenoxy) is 1. The molecule has 5 atom stereocenters. The van der Waals surface area contributed by atoms with Crippen LogP contribution in [0.1, 0.15) is 13.2 Å². The van der Waals surface area contributed by atoms with E-state index in [1.165, 1.54) is 6.92 Å². The lowest BCUT2D eigenvalue weighted by Crippen LogP contribution is -2.46. The predicted octanol–water partition coefficient (Wildman–Crippen LogP) is -1.80. The van der Waals surface area contributed by atoms with Gasteiger partial charge in [0.2, 0.25) is 11.9 Å². The number of halogens is 1. The Bertz CT molecular complexity index is 613. The van der Waals surface area contributed by atoms with Gasteiger partial charge >= 0.3 is 5.69 Å². The number of nitrogens with two attached hydrogens (primary N) is 1. The lowest BCUT2D eigenvalue weighted by molar-refractivity contribution is -0.0849. The number of nitrogen functional groups attached to an aromatic ring is 1. The Kier molecular flexibility index (Phi) is 3.47. The first-order valence-electron chi connectivity index (χ1n) is 5.71. The third-order valence-electron chi connectivity index (χ3n) is 3.04. The van der Waals surface area contributed by atoms with Gasteiger partial charge in [0.15, 0.2) is 0 Å². The maximum atomic E-state index is 14.7. The second-order valence-electron chi connectivity index (χ2n) is 4.46. The number of hydrogen-bond acceptors (Lipinski definition) is 7. The van der Waals surface area contributed by atoms with Gasteiger partial charge in [-0.15, -0.1) is 6.42 Å². The highest BCUT2D eigenvalue weighted by molar-refractivity contribution is 5.22. The highest BCUT2D eigenvalue weighted by Crippen LogP contribution is 2.41. The van der Waals surface area contributed by atoms with Crippen molar-refractivity contribution >= 4 is 5.82 Å². The van der Waals surface area contributed by atoms with Gasteiger partial charge in [-0.25, -0.2) is 9.18 Å². The Morgan fingerprint density at radius 2 is 2.40 bits per heavy atom. The second-order valence-corrected chi connectivity index (χ2v) is 4.46. The Labute approximate surface area is 113 Å². The van der Waals surface area contributed by atoms with Gasteiger partial charge in [-0.05, 0) is 6.92 Å². The number of hydrogen-bond donors (Lipinski definition) is 3. The first-order valence-corrected chi connectivity index (χ1v) is 5.71. The molecule has 0 radical (unpaired) electrons. The van der Waals surface area contributed by atoms with Gasteiger partial charge in [0.1, 0.15) is 18.0 Å². The molecule has 1 unspecified atom stereocenters. The number of aliphatic hydroxyl groups is 2. The number of aliphatic hydroxyl groups excluding tert-OH is 2. The highest BCUT2D eigenvalue weighted by atomic mass is 19.1. The maximum Gasteiger partial charge on any atom is 0.368 e. The molecular formula is C11H13FN4O4. The number of aromatic nitrogens is 3. The van der Waals surface area contributed by atoms with Crippen LogP contribution >= 0.6 is 0 Å². The molecule has 8 nitrogen and oxygen atoms in total. The van der Waals surface area contributed by atoms with E-state index in [0.29, 0.717) is 4.68 Å². The molecule has 1 aliphatic rings. The van der Waals surface area contributed by atoms with Crippen LogP contribution in [0.2, 0.25) is 0 Å². The van der Waals surface area contributed by atoms with Crippen molar-refractivity contribution in [2.75, 3.05) is 5.73 Å². The molecule has 0 bridgehead atoms. The molecule has 0 amide bonds. The molecule has 20 heavy (non-hydrogen) atoms. The van der Waals surface area contributed by atoms with Crippen LogP contribution in [0.25, 0.3) is 0 Å². The first kappa shape index (κ1) is 14.4. The van der Waals surface area contributed by atoms with Crippen molar-refractivity contribution in [3.05, 3.63) is 16.7 Å². The van der Waals surface area contributed by atoms with Crippen LogP contribution in [0.15, 0.2) is 11.0 Å². The first-order chi connectivity index (χ1) is 9.31. The molecule has 0 aliphatic carbocycles. The molecule has 108 valence electrons. The zero-order valence-corrected chi connectivity index (χ0v) is 10.5. The Balaban J connectivity index is 2.50. The lowest BCUT2D eigenvalue weighted by atomic mass is 9.95. The minimum Gasteiger partial charge on any atom is -0.391 e. The number of nitrogens with zero attached hydrogens (tertiary/aromatic N) is 3. The summed E-state index contributed by atoms with van der Waals surface area (Å²) < 4.78 is 20.4. The van der Waals surface area contributed by atoms with Crippen molar-refractivity contribution in [2.24, 2.45) is 0 Å². The molecule has 2 rings (SSSR count). The topological polar surface area (TPSA) is 123 Å². The van der Waals surface area contributed by atoms with Crippen molar-refractivity contribution in [1.29, 1.82) is 0 Å². The number of rotatable bonds is 2.